The van der Waals surface area contributed by atoms with Gasteiger partial charge >= 0.3 is 6.09 Å². The fraction of sp³-hybridized carbons (Fsp3) is 0.700. The van der Waals surface area contributed by atoms with E-state index in [1.54, 1.807) is 27.7 Å². The summed E-state index contributed by atoms with van der Waals surface area (Å²) >= 11 is 0. The lowest BCUT2D eigenvalue weighted by atomic mass is 10.2. The average molecular weight is 229 g/mol. The number of nitrogens with one attached hydrogen (secondary N) is 2. The van der Waals surface area contributed by atoms with E-state index in [0.29, 0.717) is 12.3 Å². The maximum Gasteiger partial charge on any atom is 0.428 e. The topological polar surface area (TPSA) is 79.8 Å². The van der Waals surface area contributed by atoms with Gasteiger partial charge in [-0.15, -0.1) is 0 Å². The van der Waals surface area contributed by atoms with Crippen LogP contribution in [0.3, 0.4) is 0 Å². The summed E-state index contributed by atoms with van der Waals surface area (Å²) in [5.41, 5.74) is 2.27. The van der Waals surface area contributed by atoms with Crippen LogP contribution in [0.4, 0.5) is 4.79 Å². The quantitative estimate of drug-likeness (QED) is 0.560. The third-order valence-corrected chi connectivity index (χ3v) is 1.33. The summed E-state index contributed by atoms with van der Waals surface area (Å²) in [7, 11) is 0. The second-order valence-electron chi connectivity index (χ2n) is 4.37. The zero-order valence-electron chi connectivity index (χ0n) is 10.4. The molecule has 0 aliphatic rings. The van der Waals surface area contributed by atoms with E-state index < -0.39 is 11.7 Å². The number of nitrogens with zero attached hydrogens (tertiary/aromatic N) is 1. The second-order valence-corrected chi connectivity index (χ2v) is 4.37. The highest BCUT2D eigenvalue weighted by Gasteiger charge is 2.15. The van der Waals surface area contributed by atoms with Gasteiger partial charge in [-0.1, -0.05) is 0 Å². The summed E-state index contributed by atoms with van der Waals surface area (Å²) in [5, 5.41) is 6.31. The van der Waals surface area contributed by atoms with Gasteiger partial charge in [-0.25, -0.2) is 10.2 Å². The molecule has 92 valence electrons. The summed E-state index contributed by atoms with van der Waals surface area (Å²) in [6.45, 7) is 8.69. The van der Waals surface area contributed by atoms with E-state index in [9.17, 15) is 9.59 Å². The Morgan fingerprint density at radius 1 is 1.25 bits per heavy atom. The molecule has 0 saturated carbocycles. The molecular formula is C10H19N3O3. The summed E-state index contributed by atoms with van der Waals surface area (Å²) < 4.78 is 4.97. The van der Waals surface area contributed by atoms with Gasteiger partial charge in [0.25, 0.3) is 0 Å². The molecule has 0 aromatic heterocycles. The van der Waals surface area contributed by atoms with E-state index in [2.05, 4.69) is 15.8 Å². The van der Waals surface area contributed by atoms with Crippen LogP contribution in [0, 0.1) is 0 Å². The van der Waals surface area contributed by atoms with E-state index in [-0.39, 0.29) is 5.91 Å². The summed E-state index contributed by atoms with van der Waals surface area (Å²) in [6.07, 6.45) is -0.616. The number of hydrazone groups is 1. The van der Waals surface area contributed by atoms with Crippen LogP contribution in [0.1, 0.15) is 34.6 Å². The van der Waals surface area contributed by atoms with Crippen molar-refractivity contribution in [1.82, 2.24) is 10.7 Å². The fourth-order valence-corrected chi connectivity index (χ4v) is 0.734. The molecule has 0 radical (unpaired) electrons. The van der Waals surface area contributed by atoms with Gasteiger partial charge in [-0.2, -0.15) is 5.10 Å². The third-order valence-electron chi connectivity index (χ3n) is 1.33. The molecule has 0 saturated heterocycles. The van der Waals surface area contributed by atoms with Crippen LogP contribution in [-0.4, -0.2) is 29.9 Å². The van der Waals surface area contributed by atoms with Gasteiger partial charge < -0.3 is 10.1 Å². The molecular weight excluding hydrogens is 210 g/mol. The largest absolute Gasteiger partial charge is 0.443 e. The third kappa shape index (κ3) is 8.98. The van der Waals surface area contributed by atoms with Crippen molar-refractivity contribution in [3.05, 3.63) is 0 Å². The maximum absolute atomic E-state index is 11.2. The minimum Gasteiger partial charge on any atom is -0.443 e. The monoisotopic (exact) mass is 229 g/mol. The average Bonchev–Trinajstić information content (AvgIpc) is 2.08. The van der Waals surface area contributed by atoms with Gasteiger partial charge in [0.2, 0.25) is 5.91 Å². The number of carbonyl (C=O) groups is 2. The lowest BCUT2D eigenvalue weighted by molar-refractivity contribution is -0.118. The van der Waals surface area contributed by atoms with Crippen molar-refractivity contribution in [3.8, 4) is 0 Å². The van der Waals surface area contributed by atoms with Gasteiger partial charge in [0.15, 0.2) is 0 Å². The van der Waals surface area contributed by atoms with Crippen molar-refractivity contribution in [2.24, 2.45) is 5.10 Å². The van der Waals surface area contributed by atoms with Crippen molar-refractivity contribution in [2.45, 2.75) is 40.2 Å². The molecule has 0 fully saturated rings. The summed E-state index contributed by atoms with van der Waals surface area (Å²) in [4.78, 5) is 21.8. The van der Waals surface area contributed by atoms with Crippen molar-refractivity contribution < 1.29 is 14.3 Å². The first-order valence-corrected chi connectivity index (χ1v) is 4.97. The number of hydrogen-bond acceptors (Lipinski definition) is 4. The second kappa shape index (κ2) is 6.09. The number of rotatable bonds is 3. The molecule has 0 rings (SSSR count). The van der Waals surface area contributed by atoms with Gasteiger partial charge in [0.1, 0.15) is 5.60 Å². The highest BCUT2D eigenvalue weighted by atomic mass is 16.6. The maximum atomic E-state index is 11.2. The number of ether oxygens (including phenoxy) is 1. The Morgan fingerprint density at radius 3 is 2.25 bits per heavy atom. The van der Waals surface area contributed by atoms with E-state index in [4.69, 9.17) is 4.74 Å². The van der Waals surface area contributed by atoms with Crippen LogP contribution in [0.15, 0.2) is 5.10 Å². The van der Waals surface area contributed by atoms with Gasteiger partial charge in [0, 0.05) is 6.92 Å². The van der Waals surface area contributed by atoms with E-state index in [1.165, 1.54) is 6.92 Å². The molecule has 0 unspecified atom stereocenters. The lowest BCUT2D eigenvalue weighted by Crippen LogP contribution is -2.32. The molecule has 2 N–H and O–H groups in total. The molecule has 0 atom stereocenters. The summed E-state index contributed by atoms with van der Waals surface area (Å²) in [6, 6.07) is 0. The first kappa shape index (κ1) is 14.4. The molecule has 6 heteroatoms. The lowest BCUT2D eigenvalue weighted by Gasteiger charge is -2.18. The number of hydrogen-bond donors (Lipinski definition) is 2. The van der Waals surface area contributed by atoms with E-state index in [0.717, 1.165) is 0 Å². The molecule has 16 heavy (non-hydrogen) atoms. The van der Waals surface area contributed by atoms with Crippen LogP contribution in [0.2, 0.25) is 0 Å². The smallest absolute Gasteiger partial charge is 0.428 e. The van der Waals surface area contributed by atoms with E-state index >= 15 is 0 Å². The zero-order chi connectivity index (χ0) is 12.8. The van der Waals surface area contributed by atoms with Crippen LogP contribution in [0.5, 0.6) is 0 Å². The fourth-order valence-electron chi connectivity index (χ4n) is 0.734. The standard InChI is InChI=1S/C10H19N3O3/c1-7(6-11-8(2)14)12-13-9(15)16-10(3,4)5/h6H2,1-5H3,(H,11,14)(H,13,15)/b12-7+. The van der Waals surface area contributed by atoms with E-state index in [1.807, 2.05) is 0 Å². The normalized spacial score (nSPS) is 11.9. The Labute approximate surface area is 95.4 Å². The Hall–Kier alpha value is -1.59. The molecule has 0 aliphatic heterocycles. The summed E-state index contributed by atoms with van der Waals surface area (Å²) in [5.74, 6) is -0.146. The molecule has 0 aliphatic carbocycles. The van der Waals surface area contributed by atoms with Crippen molar-refractivity contribution in [3.63, 3.8) is 0 Å². The molecule has 0 aromatic rings. The van der Waals surface area contributed by atoms with Crippen molar-refractivity contribution >= 4 is 17.7 Å². The molecule has 0 bridgehead atoms. The predicted molar refractivity (Wildman–Crippen MR) is 61.2 cm³/mol. The van der Waals surface area contributed by atoms with Crippen molar-refractivity contribution in [2.75, 3.05) is 6.54 Å². The SMILES string of the molecule is CC(=O)NC/C(C)=N/NC(=O)OC(C)(C)C. The minimum absolute atomic E-state index is 0.146. The van der Waals surface area contributed by atoms with Gasteiger partial charge in [-0.05, 0) is 27.7 Å². The molecule has 2 amide bonds. The highest BCUT2D eigenvalue weighted by Crippen LogP contribution is 2.06. The van der Waals surface area contributed by atoms with Crippen LogP contribution in [-0.2, 0) is 9.53 Å². The van der Waals surface area contributed by atoms with Gasteiger partial charge in [0.05, 0.1) is 12.3 Å². The first-order chi connectivity index (χ1) is 7.20. The molecule has 0 heterocycles. The minimum atomic E-state index is -0.616. The van der Waals surface area contributed by atoms with Gasteiger partial charge in [-0.3, -0.25) is 4.79 Å². The Balaban J connectivity index is 3.97. The first-order valence-electron chi connectivity index (χ1n) is 4.97. The number of carbonyl (C=O) groups excluding carboxylic acids is 2. The molecule has 0 spiro atoms. The number of amides is 2. The Kier molecular flexibility index (Phi) is 5.49. The zero-order valence-corrected chi connectivity index (χ0v) is 10.4. The van der Waals surface area contributed by atoms with Crippen LogP contribution >= 0.6 is 0 Å². The van der Waals surface area contributed by atoms with Crippen molar-refractivity contribution in [1.29, 1.82) is 0 Å². The Morgan fingerprint density at radius 2 is 1.81 bits per heavy atom. The van der Waals surface area contributed by atoms with Crippen LogP contribution in [0.25, 0.3) is 0 Å². The van der Waals surface area contributed by atoms with Crippen LogP contribution < -0.4 is 10.7 Å². The molecule has 0 aromatic carbocycles. The predicted octanol–water partition coefficient (Wildman–Crippen LogP) is 1.02. The molecule has 6 nitrogen and oxygen atoms in total. The highest BCUT2D eigenvalue weighted by molar-refractivity contribution is 5.88. The Bertz CT molecular complexity index is 292.